The summed E-state index contributed by atoms with van der Waals surface area (Å²) in [6.45, 7) is 4.57. The predicted octanol–water partition coefficient (Wildman–Crippen LogP) is 3.31. The van der Waals surface area contributed by atoms with Gasteiger partial charge in [0.2, 0.25) is 0 Å². The lowest BCUT2D eigenvalue weighted by Crippen LogP contribution is -2.00. The summed E-state index contributed by atoms with van der Waals surface area (Å²) < 4.78 is 10.5. The first-order valence-electron chi connectivity index (χ1n) is 5.13. The van der Waals surface area contributed by atoms with Crippen molar-refractivity contribution in [3.63, 3.8) is 0 Å². The Morgan fingerprint density at radius 1 is 1.31 bits per heavy atom. The van der Waals surface area contributed by atoms with E-state index < -0.39 is 0 Å². The van der Waals surface area contributed by atoms with Crippen molar-refractivity contribution in [3.8, 4) is 11.5 Å². The van der Waals surface area contributed by atoms with E-state index in [0.29, 0.717) is 23.7 Å². The number of carbonyl (C=O) groups excluding carboxylic acids is 1. The monoisotopic (exact) mass is 288 g/mol. The van der Waals surface area contributed by atoms with Crippen molar-refractivity contribution in [1.82, 2.24) is 0 Å². The highest BCUT2D eigenvalue weighted by molar-refractivity contribution is 9.09. The van der Waals surface area contributed by atoms with Gasteiger partial charge >= 0.3 is 0 Å². The molecule has 0 aliphatic heterocycles. The lowest BCUT2D eigenvalue weighted by Gasteiger charge is -2.09. The summed E-state index contributed by atoms with van der Waals surface area (Å²) in [5.41, 5.74) is 0.577. The summed E-state index contributed by atoms with van der Waals surface area (Å²) >= 11 is 3.26. The molecular weight excluding hydrogens is 272 g/mol. The van der Waals surface area contributed by atoms with Gasteiger partial charge < -0.3 is 9.47 Å². The van der Waals surface area contributed by atoms with Gasteiger partial charge in [-0.2, -0.15) is 0 Å². The zero-order valence-corrected chi connectivity index (χ0v) is 11.4. The van der Waals surface area contributed by atoms with Crippen LogP contribution < -0.4 is 9.47 Å². The molecule has 1 aromatic rings. The van der Waals surface area contributed by atoms with E-state index in [1.807, 2.05) is 13.8 Å². The molecule has 3 nitrogen and oxygen atoms in total. The smallest absolute Gasteiger partial charge is 0.161 e. The molecule has 0 fully saturated rings. The molecule has 0 aliphatic rings. The molecule has 4 heteroatoms. The Hall–Kier alpha value is -1.03. The fourth-order valence-corrected chi connectivity index (χ4v) is 1.19. The summed E-state index contributed by atoms with van der Waals surface area (Å²) in [6.07, 6.45) is 0.775. The summed E-state index contributed by atoms with van der Waals surface area (Å²) in [5, 5.41) is 0.756. The van der Waals surface area contributed by atoms with E-state index in [2.05, 4.69) is 15.9 Å². The molecule has 1 aromatic carbocycles. The first-order chi connectivity index (χ1) is 7.81. The second-order valence-corrected chi connectivity index (χ2v) is 3.36. The molecule has 0 radical (unpaired) electrons. The first-order valence-corrected chi connectivity index (χ1v) is 6.26. The van der Waals surface area contributed by atoms with Crippen LogP contribution in [0.25, 0.3) is 0 Å². The van der Waals surface area contributed by atoms with E-state index >= 15 is 0 Å². The second-order valence-electron chi connectivity index (χ2n) is 2.57. The number of carbonyl (C=O) groups is 1. The van der Waals surface area contributed by atoms with E-state index in [1.165, 1.54) is 0 Å². The fourth-order valence-electron chi connectivity index (χ4n) is 1.03. The fraction of sp³-hybridized carbons (Fsp3) is 0.417. The van der Waals surface area contributed by atoms with E-state index in [-0.39, 0.29) is 0 Å². The number of halogens is 1. The third kappa shape index (κ3) is 4.66. The van der Waals surface area contributed by atoms with Crippen molar-refractivity contribution in [1.29, 1.82) is 0 Å². The molecule has 0 aromatic heterocycles. The van der Waals surface area contributed by atoms with Crippen LogP contribution in [0.4, 0.5) is 0 Å². The van der Waals surface area contributed by atoms with Gasteiger partial charge in [-0.1, -0.05) is 29.8 Å². The number of hydrogen-bond acceptors (Lipinski definition) is 3. The Balaban J connectivity index is 0.00000106. The van der Waals surface area contributed by atoms with Crippen LogP contribution in [-0.4, -0.2) is 25.3 Å². The van der Waals surface area contributed by atoms with Gasteiger partial charge in [0.25, 0.3) is 0 Å². The molecule has 90 valence electrons. The third-order valence-corrected chi connectivity index (χ3v) is 1.98. The van der Waals surface area contributed by atoms with Gasteiger partial charge in [-0.25, -0.2) is 0 Å². The van der Waals surface area contributed by atoms with Crippen molar-refractivity contribution in [2.45, 2.75) is 13.8 Å². The molecule has 0 spiro atoms. The molecule has 0 amide bonds. The summed E-state index contributed by atoms with van der Waals surface area (Å²) in [5.74, 6) is 1.23. The number of rotatable bonds is 5. The van der Waals surface area contributed by atoms with E-state index in [9.17, 15) is 4.79 Å². The highest BCUT2D eigenvalue weighted by Crippen LogP contribution is 2.27. The number of ether oxygens (including phenoxy) is 2. The maximum Gasteiger partial charge on any atom is 0.161 e. The zero-order valence-electron chi connectivity index (χ0n) is 9.83. The third-order valence-electron chi connectivity index (χ3n) is 1.66. The van der Waals surface area contributed by atoms with Crippen LogP contribution in [0.5, 0.6) is 11.5 Å². The van der Waals surface area contributed by atoms with Crippen LogP contribution in [0.1, 0.15) is 24.2 Å². The molecule has 0 saturated carbocycles. The maximum absolute atomic E-state index is 10.5. The SMILES string of the molecule is CC.COc1cc(C=O)ccc1OCCBr. The lowest BCUT2D eigenvalue weighted by atomic mass is 10.2. The molecule has 0 aliphatic carbocycles. The van der Waals surface area contributed by atoms with Crippen LogP contribution in [0.2, 0.25) is 0 Å². The van der Waals surface area contributed by atoms with Crippen LogP contribution in [-0.2, 0) is 0 Å². The minimum Gasteiger partial charge on any atom is -0.493 e. The largest absolute Gasteiger partial charge is 0.493 e. The van der Waals surface area contributed by atoms with Crippen LogP contribution in [0, 0.1) is 0 Å². The van der Waals surface area contributed by atoms with Crippen molar-refractivity contribution in [2.24, 2.45) is 0 Å². The number of benzene rings is 1. The van der Waals surface area contributed by atoms with Gasteiger partial charge in [-0.05, 0) is 18.2 Å². The molecule has 0 N–H and O–H groups in total. The van der Waals surface area contributed by atoms with Crippen molar-refractivity contribution in [2.75, 3.05) is 19.0 Å². The van der Waals surface area contributed by atoms with E-state index in [1.54, 1.807) is 25.3 Å². The average Bonchev–Trinajstić information content (AvgIpc) is 2.38. The second kappa shape index (κ2) is 9.21. The van der Waals surface area contributed by atoms with Crippen LogP contribution in [0.15, 0.2) is 18.2 Å². The van der Waals surface area contributed by atoms with E-state index in [0.717, 1.165) is 11.6 Å². The topological polar surface area (TPSA) is 35.5 Å². The number of aldehydes is 1. The summed E-state index contributed by atoms with van der Waals surface area (Å²) in [6, 6.07) is 5.07. The number of alkyl halides is 1. The minimum absolute atomic E-state index is 0.566. The molecular formula is C12H17BrO3. The Bertz CT molecular complexity index is 313. The van der Waals surface area contributed by atoms with Gasteiger partial charge in [0.1, 0.15) is 6.29 Å². The Kier molecular flexibility index (Phi) is 8.62. The standard InChI is InChI=1S/C10H11BrO3.C2H6/c1-13-10-6-8(7-12)2-3-9(10)14-5-4-11;1-2/h2-3,6-7H,4-5H2,1H3;1-2H3. The molecule has 0 unspecified atom stereocenters. The van der Waals surface area contributed by atoms with Crippen molar-refractivity contribution < 1.29 is 14.3 Å². The van der Waals surface area contributed by atoms with Crippen LogP contribution >= 0.6 is 15.9 Å². The lowest BCUT2D eigenvalue weighted by molar-refractivity contribution is 0.112. The molecule has 16 heavy (non-hydrogen) atoms. The quantitative estimate of drug-likeness (QED) is 0.616. The zero-order chi connectivity index (χ0) is 12.4. The maximum atomic E-state index is 10.5. The first kappa shape index (κ1) is 15.0. The van der Waals surface area contributed by atoms with Gasteiger partial charge in [-0.3, -0.25) is 4.79 Å². The highest BCUT2D eigenvalue weighted by Gasteiger charge is 2.04. The predicted molar refractivity (Wildman–Crippen MR) is 69.0 cm³/mol. The molecule has 0 saturated heterocycles. The van der Waals surface area contributed by atoms with Gasteiger partial charge in [0.05, 0.1) is 13.7 Å². The van der Waals surface area contributed by atoms with Gasteiger partial charge in [0.15, 0.2) is 11.5 Å². The number of methoxy groups -OCH3 is 1. The molecule has 0 bridgehead atoms. The molecule has 0 atom stereocenters. The summed E-state index contributed by atoms with van der Waals surface area (Å²) in [7, 11) is 1.55. The molecule has 0 heterocycles. The highest BCUT2D eigenvalue weighted by atomic mass is 79.9. The van der Waals surface area contributed by atoms with Gasteiger partial charge in [0, 0.05) is 10.9 Å². The average molecular weight is 289 g/mol. The number of hydrogen-bond donors (Lipinski definition) is 0. The van der Waals surface area contributed by atoms with E-state index in [4.69, 9.17) is 9.47 Å². The van der Waals surface area contributed by atoms with Gasteiger partial charge in [-0.15, -0.1) is 0 Å². The minimum atomic E-state index is 0.566. The molecule has 1 rings (SSSR count). The van der Waals surface area contributed by atoms with Crippen molar-refractivity contribution >= 4 is 22.2 Å². The normalized spacial score (nSPS) is 8.75. The van der Waals surface area contributed by atoms with Crippen LogP contribution in [0.3, 0.4) is 0 Å². The Labute approximate surface area is 105 Å². The Morgan fingerprint density at radius 2 is 2.00 bits per heavy atom. The Morgan fingerprint density at radius 3 is 2.50 bits per heavy atom. The van der Waals surface area contributed by atoms with Crippen molar-refractivity contribution in [3.05, 3.63) is 23.8 Å². The summed E-state index contributed by atoms with van der Waals surface area (Å²) in [4.78, 5) is 10.5.